The lowest BCUT2D eigenvalue weighted by molar-refractivity contribution is 0.0860. The van der Waals surface area contributed by atoms with Gasteiger partial charge in [0.15, 0.2) is 34.5 Å². The molecule has 22 heteroatoms. The van der Waals surface area contributed by atoms with Gasteiger partial charge in [-0.25, -0.2) is 0 Å². The van der Waals surface area contributed by atoms with Crippen LogP contribution >= 0.6 is 0 Å². The predicted octanol–water partition coefficient (Wildman–Crippen LogP) is 7.55. The van der Waals surface area contributed by atoms with Crippen molar-refractivity contribution in [3.8, 4) is 91.6 Å². The summed E-state index contributed by atoms with van der Waals surface area (Å²) in [6.45, 7) is 1.31. The van der Waals surface area contributed by atoms with E-state index in [1.807, 2.05) is 0 Å². The average molecular weight is 1100 g/mol. The number of benzene rings is 6. The number of fused-ring (bicyclic) bond motifs is 2. The quantitative estimate of drug-likeness (QED) is 0.0175. The van der Waals surface area contributed by atoms with Gasteiger partial charge in [-0.3, -0.25) is 19.2 Å². The Labute approximate surface area is 454 Å². The summed E-state index contributed by atoms with van der Waals surface area (Å²) in [6, 6.07) is 25.2. The number of hydrogen-bond acceptors (Lipinski definition) is 20. The number of ether oxygens (including phenoxy) is 6. The molecule has 0 aliphatic heterocycles. The third-order valence-corrected chi connectivity index (χ3v) is 12.1. The van der Waals surface area contributed by atoms with Crippen molar-refractivity contribution in [1.82, 2.24) is 10.6 Å². The van der Waals surface area contributed by atoms with Gasteiger partial charge in [0.05, 0.1) is 39.6 Å². The monoisotopic (exact) mass is 1100 g/mol. The Hall–Kier alpha value is -9.80. The maximum Gasteiger partial charge on any atom is 0.251 e. The molecule has 2 aromatic heterocycles. The lowest BCUT2D eigenvalue weighted by Gasteiger charge is -2.13. The first-order valence-corrected chi connectivity index (χ1v) is 25.2. The van der Waals surface area contributed by atoms with Gasteiger partial charge < -0.3 is 88.7 Å². The normalized spacial score (nSPS) is 11.2. The SMILES string of the molecule is O=C(NCCOCCOc1c(-c2ccc(O)c(O)c2)oc2cc(O)cc(O)c2c1=O)c1ccc(OCCCCCCOc2ccc(C(=O)NCCOCCOc3c(-c4ccc(O)c(O)c4)oc4cc(O)cc(O)c4c3=O)cc2)cc1. The van der Waals surface area contributed by atoms with E-state index in [2.05, 4.69) is 10.6 Å². The first-order valence-electron chi connectivity index (χ1n) is 25.2. The van der Waals surface area contributed by atoms with E-state index in [4.69, 9.17) is 37.3 Å². The highest BCUT2D eigenvalue weighted by Gasteiger charge is 2.24. The van der Waals surface area contributed by atoms with Gasteiger partial charge in [-0.1, -0.05) is 0 Å². The molecule has 22 nitrogen and oxygen atoms in total. The zero-order valence-corrected chi connectivity index (χ0v) is 42.8. The molecule has 80 heavy (non-hydrogen) atoms. The van der Waals surface area contributed by atoms with Crippen LogP contribution in [0.25, 0.3) is 44.6 Å². The Morgan fingerprint density at radius 1 is 0.400 bits per heavy atom. The molecular weight excluding hydrogens is 1040 g/mol. The van der Waals surface area contributed by atoms with Gasteiger partial charge in [-0.2, -0.15) is 0 Å². The first kappa shape index (κ1) is 56.4. The van der Waals surface area contributed by atoms with Gasteiger partial charge in [0.2, 0.25) is 22.4 Å². The lowest BCUT2D eigenvalue weighted by Crippen LogP contribution is -2.27. The maximum atomic E-state index is 13.4. The molecule has 8 aromatic rings. The van der Waals surface area contributed by atoms with Gasteiger partial charge in [-0.05, 0) is 111 Å². The fourth-order valence-electron chi connectivity index (χ4n) is 8.14. The summed E-state index contributed by atoms with van der Waals surface area (Å²) < 4.78 is 46.0. The fourth-order valence-corrected chi connectivity index (χ4v) is 8.14. The molecule has 0 atom stereocenters. The second-order valence-corrected chi connectivity index (χ2v) is 17.9. The number of hydrogen-bond donors (Lipinski definition) is 10. The molecule has 0 unspecified atom stereocenters. The number of nitrogens with one attached hydrogen (secondary N) is 2. The topological polar surface area (TPSA) is 336 Å². The van der Waals surface area contributed by atoms with Gasteiger partial charge >= 0.3 is 0 Å². The molecule has 0 fully saturated rings. The van der Waals surface area contributed by atoms with Crippen LogP contribution in [-0.2, 0) is 9.47 Å². The van der Waals surface area contributed by atoms with Crippen LogP contribution in [0.2, 0.25) is 0 Å². The van der Waals surface area contributed by atoms with Crippen LogP contribution in [0.5, 0.6) is 69.0 Å². The van der Waals surface area contributed by atoms with Crippen molar-refractivity contribution in [2.75, 3.05) is 65.9 Å². The molecule has 6 aromatic carbocycles. The van der Waals surface area contributed by atoms with Gasteiger partial charge in [0.1, 0.15) is 69.6 Å². The number of rotatable bonds is 27. The lowest BCUT2D eigenvalue weighted by atomic mass is 10.1. The molecule has 0 saturated heterocycles. The molecule has 0 radical (unpaired) electrons. The van der Waals surface area contributed by atoms with Crippen molar-refractivity contribution >= 4 is 33.8 Å². The number of amides is 2. The highest BCUT2D eigenvalue weighted by molar-refractivity contribution is 5.95. The van der Waals surface area contributed by atoms with Crippen molar-refractivity contribution in [3.05, 3.63) is 141 Å². The Bertz CT molecular complexity index is 3360. The summed E-state index contributed by atoms with van der Waals surface area (Å²) >= 11 is 0. The summed E-state index contributed by atoms with van der Waals surface area (Å²) in [5.41, 5.74) is -0.535. The Kier molecular flexibility index (Phi) is 18.7. The highest BCUT2D eigenvalue weighted by atomic mass is 16.5. The molecule has 0 aliphatic rings. The van der Waals surface area contributed by atoms with Crippen molar-refractivity contribution in [3.63, 3.8) is 0 Å². The van der Waals surface area contributed by atoms with Gasteiger partial charge in [0.25, 0.3) is 11.8 Å². The standard InChI is InChI=1S/C58H56N2O20/c61-37-29-45(67)49-47(31-37)79-53(35-9-15-41(63)43(65)27-35)55(51(49)69)77-25-23-73-21-17-59-57(71)33-5-11-39(12-6-33)75-19-3-1-2-4-20-76-40-13-7-34(8-14-40)58(72)60-18-22-74-24-26-78-56-52(70)50-46(68)30-38(62)32-48(50)80-54(56)36-10-16-42(64)44(66)28-36/h5-16,27-32,61-68H,1-4,17-26H2,(H,59,71)(H,60,72). The van der Waals surface area contributed by atoms with E-state index in [0.717, 1.165) is 49.9 Å². The Morgan fingerprint density at radius 2 is 0.800 bits per heavy atom. The number of phenols is 8. The third kappa shape index (κ3) is 14.2. The summed E-state index contributed by atoms with van der Waals surface area (Å²) in [5.74, 6) is -3.70. The van der Waals surface area contributed by atoms with Crippen molar-refractivity contribution in [1.29, 1.82) is 0 Å². The minimum absolute atomic E-state index is 0.00426. The van der Waals surface area contributed by atoms with E-state index in [1.165, 1.54) is 36.4 Å². The van der Waals surface area contributed by atoms with Crippen LogP contribution in [-0.4, -0.2) is 119 Å². The molecule has 0 spiro atoms. The minimum Gasteiger partial charge on any atom is -0.508 e. The van der Waals surface area contributed by atoms with Crippen LogP contribution in [0, 0.1) is 0 Å². The maximum absolute atomic E-state index is 13.4. The van der Waals surface area contributed by atoms with Crippen LogP contribution < -0.4 is 40.4 Å². The molecule has 8 rings (SSSR count). The first-order chi connectivity index (χ1) is 38.6. The number of phenolic OH excluding ortho intramolecular Hbond substituents is 8. The summed E-state index contributed by atoms with van der Waals surface area (Å²) in [7, 11) is 0. The third-order valence-electron chi connectivity index (χ3n) is 12.1. The zero-order chi connectivity index (χ0) is 56.7. The molecule has 2 amide bonds. The molecule has 2 heterocycles. The average Bonchev–Trinajstić information content (AvgIpc) is 3.60. The number of carbonyl (C=O) groups is 2. The van der Waals surface area contributed by atoms with Crippen molar-refractivity contribution in [2.24, 2.45) is 0 Å². The summed E-state index contributed by atoms with van der Waals surface area (Å²) in [4.78, 5) is 52.3. The Morgan fingerprint density at radius 3 is 1.19 bits per heavy atom. The summed E-state index contributed by atoms with van der Waals surface area (Å²) in [5, 5.41) is 85.3. The molecule has 10 N–H and O–H groups in total. The highest BCUT2D eigenvalue weighted by Crippen LogP contribution is 2.40. The van der Waals surface area contributed by atoms with E-state index in [-0.39, 0.29) is 132 Å². The Balaban J connectivity index is 0.659. The smallest absolute Gasteiger partial charge is 0.251 e. The second kappa shape index (κ2) is 26.5. The van der Waals surface area contributed by atoms with E-state index < -0.39 is 45.4 Å². The van der Waals surface area contributed by atoms with Crippen LogP contribution in [0.15, 0.2) is 128 Å². The van der Waals surface area contributed by atoms with E-state index >= 15 is 0 Å². The molecule has 418 valence electrons. The molecular formula is C58H56N2O20. The number of carbonyl (C=O) groups excluding carboxylic acids is 2. The molecule has 0 saturated carbocycles. The van der Waals surface area contributed by atoms with Crippen LogP contribution in [0.4, 0.5) is 0 Å². The van der Waals surface area contributed by atoms with Crippen LogP contribution in [0.1, 0.15) is 46.4 Å². The number of aromatic hydroxyl groups is 8. The minimum atomic E-state index is -0.740. The molecule has 0 aliphatic carbocycles. The van der Waals surface area contributed by atoms with Crippen molar-refractivity contribution in [2.45, 2.75) is 25.7 Å². The van der Waals surface area contributed by atoms with Crippen LogP contribution in [0.3, 0.4) is 0 Å². The molecule has 0 bridgehead atoms. The van der Waals surface area contributed by atoms with Gasteiger partial charge in [0, 0.05) is 59.6 Å². The fraction of sp³-hybridized carbons (Fsp3) is 0.241. The second-order valence-electron chi connectivity index (χ2n) is 17.9. The number of unbranched alkanes of at least 4 members (excludes halogenated alkanes) is 3. The zero-order valence-electron chi connectivity index (χ0n) is 42.8. The van der Waals surface area contributed by atoms with E-state index in [0.29, 0.717) is 35.8 Å². The van der Waals surface area contributed by atoms with E-state index in [1.54, 1.807) is 48.5 Å². The predicted molar refractivity (Wildman–Crippen MR) is 289 cm³/mol. The largest absolute Gasteiger partial charge is 0.508 e. The van der Waals surface area contributed by atoms with Gasteiger partial charge in [-0.15, -0.1) is 0 Å². The van der Waals surface area contributed by atoms with Crippen molar-refractivity contribution < 1.29 is 87.7 Å². The summed E-state index contributed by atoms with van der Waals surface area (Å²) in [6.07, 6.45) is 3.43. The van der Waals surface area contributed by atoms with E-state index in [9.17, 15) is 60.0 Å².